The van der Waals surface area contributed by atoms with E-state index in [9.17, 15) is 0 Å². The number of unbranched alkanes of at least 4 members (excludes halogenated alkanes) is 1. The molecule has 15 heavy (non-hydrogen) atoms. The third-order valence-corrected chi connectivity index (χ3v) is 4.95. The molecule has 0 N–H and O–H groups in total. The van der Waals surface area contributed by atoms with Crippen LogP contribution in [-0.4, -0.2) is 0 Å². The van der Waals surface area contributed by atoms with E-state index in [1.165, 1.54) is 32.1 Å². The van der Waals surface area contributed by atoms with Crippen LogP contribution in [-0.2, 0) is 0 Å². The van der Waals surface area contributed by atoms with E-state index in [0.717, 1.165) is 29.6 Å². The van der Waals surface area contributed by atoms with Gasteiger partial charge in [0.25, 0.3) is 0 Å². The zero-order valence-corrected chi connectivity index (χ0v) is 11.4. The summed E-state index contributed by atoms with van der Waals surface area (Å²) in [4.78, 5) is 0. The van der Waals surface area contributed by atoms with Gasteiger partial charge in [0, 0.05) is 0 Å². The molecule has 5 unspecified atom stereocenters. The first kappa shape index (κ1) is 13.1. The minimum Gasteiger partial charge on any atom is -0.0654 e. The summed E-state index contributed by atoms with van der Waals surface area (Å²) in [5, 5.41) is 0. The Balaban J connectivity index is 2.27. The van der Waals surface area contributed by atoms with Crippen LogP contribution in [0.2, 0.25) is 0 Å². The van der Waals surface area contributed by atoms with Crippen LogP contribution in [0.5, 0.6) is 0 Å². The van der Waals surface area contributed by atoms with Gasteiger partial charge in [-0.15, -0.1) is 0 Å². The lowest BCUT2D eigenvalue weighted by atomic mass is 9.80. The Kier molecular flexibility index (Phi) is 5.15. The highest BCUT2D eigenvalue weighted by molar-refractivity contribution is 4.91. The van der Waals surface area contributed by atoms with E-state index in [1.54, 1.807) is 0 Å². The molecular weight excluding hydrogens is 180 g/mol. The van der Waals surface area contributed by atoms with Crippen LogP contribution in [0, 0.1) is 29.6 Å². The van der Waals surface area contributed by atoms with Gasteiger partial charge in [0.1, 0.15) is 0 Å². The average molecular weight is 210 g/mol. The number of hydrogen-bond acceptors (Lipinski definition) is 0. The van der Waals surface area contributed by atoms with E-state index in [4.69, 9.17) is 0 Å². The van der Waals surface area contributed by atoms with Gasteiger partial charge in [-0.2, -0.15) is 0 Å². The molecule has 0 heteroatoms. The van der Waals surface area contributed by atoms with Gasteiger partial charge in [-0.1, -0.05) is 60.3 Å². The van der Waals surface area contributed by atoms with Crippen molar-refractivity contribution in [1.29, 1.82) is 0 Å². The molecule has 0 amide bonds. The summed E-state index contributed by atoms with van der Waals surface area (Å²) in [6, 6.07) is 0. The number of rotatable bonds is 7. The zero-order chi connectivity index (χ0) is 11.4. The Morgan fingerprint density at radius 3 is 2.33 bits per heavy atom. The Labute approximate surface area is 96.8 Å². The Hall–Kier alpha value is 0. The quantitative estimate of drug-likeness (QED) is 0.546. The van der Waals surface area contributed by atoms with Gasteiger partial charge in [0.05, 0.1) is 0 Å². The molecule has 0 aliphatic heterocycles. The Bertz CT molecular complexity index is 173. The van der Waals surface area contributed by atoms with Crippen molar-refractivity contribution in [3.63, 3.8) is 0 Å². The van der Waals surface area contributed by atoms with Gasteiger partial charge in [-0.05, 0) is 36.0 Å². The minimum absolute atomic E-state index is 0.910. The summed E-state index contributed by atoms with van der Waals surface area (Å²) in [6.07, 6.45) is 7.20. The second kappa shape index (κ2) is 5.92. The maximum absolute atomic E-state index is 2.49. The van der Waals surface area contributed by atoms with Crippen LogP contribution in [0.25, 0.3) is 0 Å². The molecule has 1 saturated carbocycles. The van der Waals surface area contributed by atoms with Crippen molar-refractivity contribution >= 4 is 0 Å². The van der Waals surface area contributed by atoms with Crippen molar-refractivity contribution in [2.24, 2.45) is 29.6 Å². The largest absolute Gasteiger partial charge is 0.0654 e. The van der Waals surface area contributed by atoms with Gasteiger partial charge < -0.3 is 0 Å². The first-order chi connectivity index (χ1) is 7.11. The lowest BCUT2D eigenvalue weighted by molar-refractivity contribution is 0.239. The molecular formula is C15H30. The van der Waals surface area contributed by atoms with Gasteiger partial charge in [0.15, 0.2) is 0 Å². The van der Waals surface area contributed by atoms with E-state index in [0.29, 0.717) is 0 Å². The van der Waals surface area contributed by atoms with Crippen LogP contribution in [0.1, 0.15) is 66.7 Å². The van der Waals surface area contributed by atoms with Crippen molar-refractivity contribution in [2.75, 3.05) is 0 Å². The lowest BCUT2D eigenvalue weighted by Crippen LogP contribution is -2.18. The molecule has 1 fully saturated rings. The van der Waals surface area contributed by atoms with Crippen LogP contribution >= 0.6 is 0 Å². The molecule has 0 heterocycles. The fraction of sp³-hybridized carbons (Fsp3) is 1.00. The summed E-state index contributed by atoms with van der Waals surface area (Å²) in [6.45, 7) is 12.0. The van der Waals surface area contributed by atoms with E-state index >= 15 is 0 Å². The Morgan fingerprint density at radius 2 is 1.80 bits per heavy atom. The van der Waals surface area contributed by atoms with Gasteiger partial charge >= 0.3 is 0 Å². The lowest BCUT2D eigenvalue weighted by Gasteiger charge is -2.25. The van der Waals surface area contributed by atoms with Crippen molar-refractivity contribution in [1.82, 2.24) is 0 Å². The molecule has 1 rings (SSSR count). The van der Waals surface area contributed by atoms with Crippen LogP contribution in [0.3, 0.4) is 0 Å². The standard InChI is InChI=1S/C15H30/c1-6-8-9-14-10-15(14)13(5)12(4)11(3)7-2/h11-15H,6-10H2,1-5H3. The SMILES string of the molecule is CCCCC1CC1C(C)C(C)C(C)CC. The second-order valence-electron chi connectivity index (χ2n) is 5.91. The first-order valence-corrected chi connectivity index (χ1v) is 7.11. The summed E-state index contributed by atoms with van der Waals surface area (Å²) < 4.78 is 0. The van der Waals surface area contributed by atoms with Gasteiger partial charge in [0.2, 0.25) is 0 Å². The molecule has 1 aliphatic carbocycles. The van der Waals surface area contributed by atoms with Crippen molar-refractivity contribution < 1.29 is 0 Å². The maximum Gasteiger partial charge on any atom is -0.0355 e. The third-order valence-electron chi connectivity index (χ3n) is 4.95. The highest BCUT2D eigenvalue weighted by atomic mass is 14.5. The van der Waals surface area contributed by atoms with E-state index in [-0.39, 0.29) is 0 Å². The summed E-state index contributed by atoms with van der Waals surface area (Å²) in [5.41, 5.74) is 0. The third kappa shape index (κ3) is 3.50. The molecule has 0 aromatic carbocycles. The summed E-state index contributed by atoms with van der Waals surface area (Å²) in [5.74, 6) is 4.95. The topological polar surface area (TPSA) is 0 Å². The molecule has 0 aromatic heterocycles. The molecule has 0 saturated heterocycles. The molecule has 0 bridgehead atoms. The zero-order valence-electron chi connectivity index (χ0n) is 11.4. The monoisotopic (exact) mass is 210 g/mol. The van der Waals surface area contributed by atoms with Crippen molar-refractivity contribution in [3.05, 3.63) is 0 Å². The average Bonchev–Trinajstić information content (AvgIpc) is 3.02. The minimum atomic E-state index is 0.910. The molecule has 0 radical (unpaired) electrons. The number of hydrogen-bond donors (Lipinski definition) is 0. The molecule has 0 nitrogen and oxygen atoms in total. The van der Waals surface area contributed by atoms with Crippen molar-refractivity contribution in [3.8, 4) is 0 Å². The highest BCUT2D eigenvalue weighted by Gasteiger charge is 2.42. The maximum atomic E-state index is 2.49. The second-order valence-corrected chi connectivity index (χ2v) is 5.91. The van der Waals surface area contributed by atoms with Gasteiger partial charge in [-0.25, -0.2) is 0 Å². The fourth-order valence-electron chi connectivity index (χ4n) is 2.99. The predicted octanol–water partition coefficient (Wildman–Crippen LogP) is 5.13. The van der Waals surface area contributed by atoms with E-state index < -0.39 is 0 Å². The summed E-state index contributed by atoms with van der Waals surface area (Å²) in [7, 11) is 0. The fourth-order valence-corrected chi connectivity index (χ4v) is 2.99. The molecule has 90 valence electrons. The normalized spacial score (nSPS) is 31.0. The van der Waals surface area contributed by atoms with Crippen LogP contribution in [0.15, 0.2) is 0 Å². The van der Waals surface area contributed by atoms with E-state index in [2.05, 4.69) is 34.6 Å². The predicted molar refractivity (Wildman–Crippen MR) is 68.9 cm³/mol. The smallest absolute Gasteiger partial charge is 0.0355 e. The summed E-state index contributed by atoms with van der Waals surface area (Å²) >= 11 is 0. The Morgan fingerprint density at radius 1 is 1.13 bits per heavy atom. The molecule has 0 aromatic rings. The molecule has 1 aliphatic rings. The van der Waals surface area contributed by atoms with Crippen molar-refractivity contribution in [2.45, 2.75) is 66.7 Å². The van der Waals surface area contributed by atoms with Crippen LogP contribution in [0.4, 0.5) is 0 Å². The highest BCUT2D eigenvalue weighted by Crippen LogP contribution is 2.50. The van der Waals surface area contributed by atoms with Crippen LogP contribution < -0.4 is 0 Å². The first-order valence-electron chi connectivity index (χ1n) is 7.11. The molecule has 0 spiro atoms. The molecule has 5 atom stereocenters. The van der Waals surface area contributed by atoms with E-state index in [1.807, 2.05) is 0 Å². The van der Waals surface area contributed by atoms with Gasteiger partial charge in [-0.3, -0.25) is 0 Å².